The van der Waals surface area contributed by atoms with Gasteiger partial charge in [0.1, 0.15) is 0 Å². The summed E-state index contributed by atoms with van der Waals surface area (Å²) in [5.41, 5.74) is 7.36. The Labute approximate surface area is 285 Å². The summed E-state index contributed by atoms with van der Waals surface area (Å²) in [4.78, 5) is 9.88. The normalized spacial score (nSPS) is 22.9. The summed E-state index contributed by atoms with van der Waals surface area (Å²) in [5.74, 6) is 3.63. The molecule has 45 heavy (non-hydrogen) atoms. The highest BCUT2D eigenvalue weighted by molar-refractivity contribution is 5.00. The molecule has 4 aliphatic heterocycles. The van der Waals surface area contributed by atoms with E-state index in [4.69, 9.17) is 0 Å². The molecule has 4 nitrogen and oxygen atoms in total. The molecular formula is C41H82N4. The van der Waals surface area contributed by atoms with Crippen LogP contribution in [0.1, 0.15) is 138 Å². The van der Waals surface area contributed by atoms with Crippen molar-refractivity contribution in [3.8, 4) is 0 Å². The van der Waals surface area contributed by atoms with Crippen LogP contribution in [-0.2, 0) is 0 Å². The highest BCUT2D eigenvalue weighted by atomic mass is 15.7. The third-order valence-corrected chi connectivity index (χ3v) is 9.23. The van der Waals surface area contributed by atoms with Gasteiger partial charge in [-0.3, -0.25) is 19.6 Å². The Bertz CT molecular complexity index is 697. The van der Waals surface area contributed by atoms with Crippen molar-refractivity contribution in [2.24, 2.45) is 29.6 Å². The molecule has 0 unspecified atom stereocenters. The average Bonchev–Trinajstić information content (AvgIpc) is 2.99. The van der Waals surface area contributed by atoms with Crippen LogP contribution in [-0.4, -0.2) is 59.6 Å². The summed E-state index contributed by atoms with van der Waals surface area (Å²) < 4.78 is 0. The third-order valence-electron chi connectivity index (χ3n) is 9.23. The minimum Gasteiger partial charge on any atom is -0.264 e. The van der Waals surface area contributed by atoms with Gasteiger partial charge in [0, 0.05) is 0 Å². The number of rotatable bonds is 5. The SMILES string of the molecule is C/C=C(/C)C(C)C.C/C=C(/C)C(C)C.C/C=C(/C)C(C)C.C/C=C(/C)C(C)C.C/C=C(/C)C(C)C.C1N2CN3CN1CN(C2)C3. The van der Waals surface area contributed by atoms with E-state index in [0.29, 0.717) is 0 Å². The van der Waals surface area contributed by atoms with E-state index in [9.17, 15) is 0 Å². The van der Waals surface area contributed by atoms with Gasteiger partial charge in [-0.15, -0.1) is 0 Å². The van der Waals surface area contributed by atoms with Crippen molar-refractivity contribution >= 4 is 0 Å². The van der Waals surface area contributed by atoms with Crippen LogP contribution >= 0.6 is 0 Å². The largest absolute Gasteiger partial charge is 0.264 e. The molecule has 4 bridgehead atoms. The fourth-order valence-electron chi connectivity index (χ4n) is 3.90. The van der Waals surface area contributed by atoms with Crippen molar-refractivity contribution in [2.75, 3.05) is 40.0 Å². The quantitative estimate of drug-likeness (QED) is 0.280. The van der Waals surface area contributed by atoms with Gasteiger partial charge in [-0.2, -0.15) is 0 Å². The van der Waals surface area contributed by atoms with Crippen LogP contribution in [0.2, 0.25) is 0 Å². The van der Waals surface area contributed by atoms with Crippen molar-refractivity contribution < 1.29 is 0 Å². The van der Waals surface area contributed by atoms with Gasteiger partial charge >= 0.3 is 0 Å². The van der Waals surface area contributed by atoms with Crippen LogP contribution in [0.25, 0.3) is 0 Å². The maximum Gasteiger partial charge on any atom is 0.0555 e. The van der Waals surface area contributed by atoms with Crippen LogP contribution in [0.15, 0.2) is 58.2 Å². The first-order valence-corrected chi connectivity index (χ1v) is 17.8. The highest BCUT2D eigenvalue weighted by Gasteiger charge is 2.36. The summed E-state index contributed by atoms with van der Waals surface area (Å²) >= 11 is 0. The number of nitrogens with zero attached hydrogens (tertiary/aromatic N) is 4. The first-order chi connectivity index (χ1) is 20.8. The molecule has 0 amide bonds. The molecule has 0 atom stereocenters. The van der Waals surface area contributed by atoms with Crippen molar-refractivity contribution in [3.05, 3.63) is 58.2 Å². The second-order valence-electron chi connectivity index (χ2n) is 14.5. The van der Waals surface area contributed by atoms with Gasteiger partial charge in [-0.25, -0.2) is 0 Å². The molecule has 0 aliphatic carbocycles. The predicted molar refractivity (Wildman–Crippen MR) is 208 cm³/mol. The first-order valence-electron chi connectivity index (χ1n) is 17.8. The summed E-state index contributed by atoms with van der Waals surface area (Å²) in [6, 6.07) is 0. The van der Waals surface area contributed by atoms with E-state index in [1.165, 1.54) is 67.9 Å². The van der Waals surface area contributed by atoms with Crippen LogP contribution in [0.4, 0.5) is 0 Å². The molecule has 4 heteroatoms. The molecule has 4 aliphatic rings. The fourth-order valence-corrected chi connectivity index (χ4v) is 3.90. The number of allylic oxidation sites excluding steroid dienone is 10. The van der Waals surface area contributed by atoms with Gasteiger partial charge in [-0.05, 0) is 98.8 Å². The molecule has 0 saturated carbocycles. The van der Waals surface area contributed by atoms with E-state index in [1.54, 1.807) is 0 Å². The lowest BCUT2D eigenvalue weighted by atomic mass is 10.1. The predicted octanol–water partition coefficient (Wildman–Crippen LogP) is 12.0. The third kappa shape index (κ3) is 25.3. The first kappa shape index (κ1) is 47.9. The molecule has 266 valence electrons. The Morgan fingerprint density at radius 3 is 0.467 bits per heavy atom. The zero-order valence-electron chi connectivity index (χ0n) is 34.3. The van der Waals surface area contributed by atoms with Crippen LogP contribution in [0, 0.1) is 29.6 Å². The van der Waals surface area contributed by atoms with E-state index >= 15 is 0 Å². The molecule has 4 fully saturated rings. The second kappa shape index (κ2) is 27.6. The summed E-state index contributed by atoms with van der Waals surface area (Å²) in [6.07, 6.45) is 10.8. The molecule has 4 rings (SSSR count). The molecule has 0 aromatic carbocycles. The number of hydrogen-bond donors (Lipinski definition) is 0. The highest BCUT2D eigenvalue weighted by Crippen LogP contribution is 2.20. The number of hydrogen-bond acceptors (Lipinski definition) is 4. The minimum absolute atomic E-state index is 0.727. The topological polar surface area (TPSA) is 13.0 Å². The molecule has 0 N–H and O–H groups in total. The molecule has 4 heterocycles. The van der Waals surface area contributed by atoms with Gasteiger partial charge in [0.2, 0.25) is 0 Å². The van der Waals surface area contributed by atoms with E-state index in [1.807, 2.05) is 0 Å². The van der Waals surface area contributed by atoms with Gasteiger partial charge in [0.05, 0.1) is 40.0 Å². The zero-order chi connectivity index (χ0) is 35.9. The molecule has 0 aromatic rings. The Kier molecular flexibility index (Phi) is 29.4. The summed E-state index contributed by atoms with van der Waals surface area (Å²) in [5, 5.41) is 0. The van der Waals surface area contributed by atoms with Gasteiger partial charge < -0.3 is 0 Å². The van der Waals surface area contributed by atoms with Crippen molar-refractivity contribution in [1.82, 2.24) is 19.6 Å². The lowest BCUT2D eigenvalue weighted by Gasteiger charge is -2.56. The average molecular weight is 631 g/mol. The van der Waals surface area contributed by atoms with Crippen molar-refractivity contribution in [1.29, 1.82) is 0 Å². The monoisotopic (exact) mass is 631 g/mol. The van der Waals surface area contributed by atoms with Gasteiger partial charge in [0.15, 0.2) is 0 Å². The van der Waals surface area contributed by atoms with Crippen LogP contribution in [0.5, 0.6) is 0 Å². The van der Waals surface area contributed by atoms with E-state index in [0.717, 1.165) is 29.6 Å². The molecule has 4 saturated heterocycles. The Balaban J connectivity index is -0.000000476. The lowest BCUT2D eigenvalue weighted by Crippen LogP contribution is -2.71. The van der Waals surface area contributed by atoms with E-state index in [-0.39, 0.29) is 0 Å². The molecule has 0 radical (unpaired) electrons. The minimum atomic E-state index is 0.727. The Morgan fingerprint density at radius 2 is 0.422 bits per heavy atom. The lowest BCUT2D eigenvalue weighted by molar-refractivity contribution is -0.194. The molecule has 0 spiro atoms. The standard InChI is InChI=1S/5C7H14.C6H12N4/c5*1-5-7(4)6(2)3;1-7-2-9-4-8(1)5-10(3-7)6-9/h5*5-6H,1-4H3;1-6H2/b5*7-5-;. The van der Waals surface area contributed by atoms with Crippen LogP contribution < -0.4 is 0 Å². The second-order valence-corrected chi connectivity index (χ2v) is 14.5. The maximum absolute atomic E-state index is 2.47. The summed E-state index contributed by atoms with van der Waals surface area (Å²) in [6.45, 7) is 50.3. The van der Waals surface area contributed by atoms with Crippen LogP contribution in [0.3, 0.4) is 0 Å². The van der Waals surface area contributed by atoms with Crippen molar-refractivity contribution in [2.45, 2.75) is 138 Å². The van der Waals surface area contributed by atoms with E-state index < -0.39 is 0 Å². The zero-order valence-corrected chi connectivity index (χ0v) is 34.3. The Morgan fingerprint density at radius 1 is 0.311 bits per heavy atom. The fraction of sp³-hybridized carbons (Fsp3) is 0.756. The van der Waals surface area contributed by atoms with Gasteiger partial charge in [0.25, 0.3) is 0 Å². The maximum atomic E-state index is 2.47. The van der Waals surface area contributed by atoms with E-state index in [2.05, 4.69) is 188 Å². The van der Waals surface area contributed by atoms with Crippen molar-refractivity contribution in [3.63, 3.8) is 0 Å². The molecular weight excluding hydrogens is 548 g/mol. The molecule has 0 aromatic heterocycles. The smallest absolute Gasteiger partial charge is 0.0555 e. The van der Waals surface area contributed by atoms with Gasteiger partial charge in [-0.1, -0.05) is 127 Å². The summed E-state index contributed by atoms with van der Waals surface area (Å²) in [7, 11) is 0. The Hall–Kier alpha value is -1.46.